The highest BCUT2D eigenvalue weighted by atomic mass is 32.1. The van der Waals surface area contributed by atoms with Crippen molar-refractivity contribution in [3.8, 4) is 0 Å². The minimum atomic E-state index is -0.0711. The van der Waals surface area contributed by atoms with Crippen molar-refractivity contribution in [2.45, 2.75) is 12.8 Å². The molecule has 26 heavy (non-hydrogen) atoms. The molecule has 5 heteroatoms. The molecule has 1 aliphatic heterocycles. The number of amides is 1. The van der Waals surface area contributed by atoms with E-state index < -0.39 is 0 Å². The first kappa shape index (κ1) is 16.7. The molecule has 1 aromatic heterocycles. The van der Waals surface area contributed by atoms with Crippen LogP contribution in [0.3, 0.4) is 0 Å². The van der Waals surface area contributed by atoms with Crippen LogP contribution in [0.15, 0.2) is 66.0 Å². The number of hydrogen-bond acceptors (Lipinski definition) is 4. The fourth-order valence-electron chi connectivity index (χ4n) is 3.13. The number of anilines is 4. The number of rotatable bonds is 5. The van der Waals surface area contributed by atoms with Gasteiger partial charge in [-0.1, -0.05) is 6.07 Å². The largest absolute Gasteiger partial charge is 0.372 e. The standard InChI is InChI=1S/C21H21N3OS/c25-21(20-4-3-15-26-20)23-18-7-5-16(6-8-18)22-17-9-11-19(12-10-17)24-13-1-2-14-24/h3-12,15,22H,1-2,13-14H2,(H,23,25). The maximum Gasteiger partial charge on any atom is 0.265 e. The molecule has 2 N–H and O–H groups in total. The lowest BCUT2D eigenvalue weighted by Crippen LogP contribution is -2.17. The quantitative estimate of drug-likeness (QED) is 0.643. The summed E-state index contributed by atoms with van der Waals surface area (Å²) in [6.07, 6.45) is 2.57. The molecule has 0 bridgehead atoms. The Bertz CT molecular complexity index is 851. The zero-order chi connectivity index (χ0) is 17.8. The van der Waals surface area contributed by atoms with E-state index in [-0.39, 0.29) is 5.91 Å². The molecule has 0 saturated carbocycles. The maximum absolute atomic E-state index is 12.1. The van der Waals surface area contributed by atoms with E-state index in [1.165, 1.54) is 29.9 Å². The van der Waals surface area contributed by atoms with Gasteiger partial charge >= 0.3 is 0 Å². The van der Waals surface area contributed by atoms with Crippen molar-refractivity contribution < 1.29 is 4.79 Å². The van der Waals surface area contributed by atoms with Crippen LogP contribution in [0.2, 0.25) is 0 Å². The molecule has 0 aliphatic carbocycles. The van der Waals surface area contributed by atoms with Crippen molar-refractivity contribution >= 4 is 40.0 Å². The van der Waals surface area contributed by atoms with Gasteiger partial charge in [-0.25, -0.2) is 0 Å². The van der Waals surface area contributed by atoms with Gasteiger partial charge in [0.1, 0.15) is 0 Å². The van der Waals surface area contributed by atoms with Crippen LogP contribution in [-0.4, -0.2) is 19.0 Å². The third-order valence-electron chi connectivity index (χ3n) is 4.51. The Morgan fingerprint density at radius 3 is 2.08 bits per heavy atom. The van der Waals surface area contributed by atoms with Gasteiger partial charge in [-0.2, -0.15) is 0 Å². The SMILES string of the molecule is O=C(Nc1ccc(Nc2ccc(N3CCCC3)cc2)cc1)c1cccs1. The molecule has 4 rings (SSSR count). The lowest BCUT2D eigenvalue weighted by Gasteiger charge is -2.18. The van der Waals surface area contributed by atoms with Crippen molar-refractivity contribution in [2.75, 3.05) is 28.6 Å². The van der Waals surface area contributed by atoms with Gasteiger partial charge in [0.05, 0.1) is 4.88 Å². The van der Waals surface area contributed by atoms with E-state index in [2.05, 4.69) is 39.8 Å². The Kier molecular flexibility index (Phi) is 4.88. The van der Waals surface area contributed by atoms with Gasteiger partial charge in [-0.15, -0.1) is 11.3 Å². The molecular weight excluding hydrogens is 342 g/mol. The summed E-state index contributed by atoms with van der Waals surface area (Å²) in [5.41, 5.74) is 4.13. The first-order valence-electron chi connectivity index (χ1n) is 8.85. The Hall–Kier alpha value is -2.79. The fraction of sp³-hybridized carbons (Fsp3) is 0.190. The highest BCUT2D eigenvalue weighted by molar-refractivity contribution is 7.12. The van der Waals surface area contributed by atoms with Crippen molar-refractivity contribution in [3.63, 3.8) is 0 Å². The predicted octanol–water partition coefficient (Wildman–Crippen LogP) is 5.34. The Morgan fingerprint density at radius 2 is 1.46 bits per heavy atom. The topological polar surface area (TPSA) is 44.4 Å². The zero-order valence-electron chi connectivity index (χ0n) is 14.4. The second-order valence-electron chi connectivity index (χ2n) is 6.37. The Morgan fingerprint density at radius 1 is 0.846 bits per heavy atom. The highest BCUT2D eigenvalue weighted by Crippen LogP contribution is 2.24. The first-order chi connectivity index (χ1) is 12.8. The summed E-state index contributed by atoms with van der Waals surface area (Å²) in [7, 11) is 0. The van der Waals surface area contributed by atoms with E-state index in [9.17, 15) is 4.79 Å². The molecular formula is C21H21N3OS. The van der Waals surface area contributed by atoms with Crippen LogP contribution < -0.4 is 15.5 Å². The van der Waals surface area contributed by atoms with Gasteiger partial charge in [-0.05, 0) is 72.8 Å². The van der Waals surface area contributed by atoms with Gasteiger partial charge in [0.15, 0.2) is 0 Å². The number of carbonyl (C=O) groups is 1. The normalized spacial score (nSPS) is 13.6. The van der Waals surface area contributed by atoms with Crippen LogP contribution in [0.4, 0.5) is 22.7 Å². The average molecular weight is 363 g/mol. The van der Waals surface area contributed by atoms with Crippen molar-refractivity contribution in [3.05, 3.63) is 70.9 Å². The van der Waals surface area contributed by atoms with Crippen molar-refractivity contribution in [1.29, 1.82) is 0 Å². The maximum atomic E-state index is 12.1. The van der Waals surface area contributed by atoms with Crippen molar-refractivity contribution in [1.82, 2.24) is 0 Å². The molecule has 1 fully saturated rings. The Labute approximate surface area is 157 Å². The van der Waals surface area contributed by atoms with Crippen LogP contribution in [0.1, 0.15) is 22.5 Å². The lowest BCUT2D eigenvalue weighted by molar-refractivity contribution is 0.103. The summed E-state index contributed by atoms with van der Waals surface area (Å²) in [6, 6.07) is 20.0. The van der Waals surface area contributed by atoms with Crippen LogP contribution in [0, 0.1) is 0 Å². The summed E-state index contributed by atoms with van der Waals surface area (Å²) in [6.45, 7) is 2.32. The molecule has 0 spiro atoms. The number of carbonyl (C=O) groups excluding carboxylic acids is 1. The number of thiophene rings is 1. The van der Waals surface area contributed by atoms with Crippen LogP contribution in [0.5, 0.6) is 0 Å². The number of nitrogens with one attached hydrogen (secondary N) is 2. The van der Waals surface area contributed by atoms with E-state index in [0.29, 0.717) is 4.88 Å². The zero-order valence-corrected chi connectivity index (χ0v) is 15.3. The van der Waals surface area contributed by atoms with Crippen LogP contribution in [0.25, 0.3) is 0 Å². The number of nitrogens with zero attached hydrogens (tertiary/aromatic N) is 1. The summed E-state index contributed by atoms with van der Waals surface area (Å²) in [5, 5.41) is 8.21. The Balaban J connectivity index is 1.37. The van der Waals surface area contributed by atoms with Gasteiger partial charge in [-0.3, -0.25) is 4.79 Å². The summed E-state index contributed by atoms with van der Waals surface area (Å²) >= 11 is 1.44. The van der Waals surface area contributed by atoms with Crippen molar-refractivity contribution in [2.24, 2.45) is 0 Å². The van der Waals surface area contributed by atoms with E-state index >= 15 is 0 Å². The molecule has 1 saturated heterocycles. The third-order valence-corrected chi connectivity index (χ3v) is 5.38. The highest BCUT2D eigenvalue weighted by Gasteiger charge is 2.11. The minimum absolute atomic E-state index is 0.0711. The van der Waals surface area contributed by atoms with E-state index in [1.54, 1.807) is 0 Å². The molecule has 132 valence electrons. The predicted molar refractivity (Wildman–Crippen MR) is 110 cm³/mol. The number of hydrogen-bond donors (Lipinski definition) is 2. The lowest BCUT2D eigenvalue weighted by atomic mass is 10.2. The molecule has 1 aliphatic rings. The molecule has 4 nitrogen and oxygen atoms in total. The second kappa shape index (κ2) is 7.62. The van der Waals surface area contributed by atoms with E-state index in [1.807, 2.05) is 41.8 Å². The molecule has 0 unspecified atom stereocenters. The minimum Gasteiger partial charge on any atom is -0.372 e. The molecule has 3 aromatic rings. The molecule has 2 heterocycles. The molecule has 0 atom stereocenters. The smallest absolute Gasteiger partial charge is 0.265 e. The molecule has 2 aromatic carbocycles. The van der Waals surface area contributed by atoms with Crippen LogP contribution in [-0.2, 0) is 0 Å². The van der Waals surface area contributed by atoms with E-state index in [0.717, 1.165) is 30.2 Å². The molecule has 1 amide bonds. The van der Waals surface area contributed by atoms with Gasteiger partial charge < -0.3 is 15.5 Å². The van der Waals surface area contributed by atoms with Crippen LogP contribution >= 0.6 is 11.3 Å². The molecule has 0 radical (unpaired) electrons. The first-order valence-corrected chi connectivity index (χ1v) is 9.73. The van der Waals surface area contributed by atoms with Gasteiger partial charge in [0.2, 0.25) is 0 Å². The summed E-state index contributed by atoms with van der Waals surface area (Å²) in [5.74, 6) is -0.0711. The third kappa shape index (κ3) is 3.89. The van der Waals surface area contributed by atoms with Gasteiger partial charge in [0, 0.05) is 35.8 Å². The monoisotopic (exact) mass is 363 g/mol. The van der Waals surface area contributed by atoms with E-state index in [4.69, 9.17) is 0 Å². The average Bonchev–Trinajstić information content (AvgIpc) is 3.38. The summed E-state index contributed by atoms with van der Waals surface area (Å²) in [4.78, 5) is 15.2. The van der Waals surface area contributed by atoms with Gasteiger partial charge in [0.25, 0.3) is 5.91 Å². The number of benzene rings is 2. The second-order valence-corrected chi connectivity index (χ2v) is 7.32. The summed E-state index contributed by atoms with van der Waals surface area (Å²) < 4.78 is 0. The fourth-order valence-corrected chi connectivity index (χ4v) is 3.75.